The molecule has 0 atom stereocenters. The van der Waals surface area contributed by atoms with Gasteiger partial charge in [0.25, 0.3) is 0 Å². The molecule has 1 aliphatic carbocycles. The van der Waals surface area contributed by atoms with Crippen molar-refractivity contribution in [2.45, 2.75) is 32.1 Å². The maximum Gasteiger partial charge on any atom is 0.314 e. The third-order valence-electron chi connectivity index (χ3n) is 2.09. The number of carbonyl (C=O) groups excluding carboxylic acids is 2. The van der Waals surface area contributed by atoms with Crippen LogP contribution >= 0.6 is 11.6 Å². The molecule has 0 aromatic heterocycles. The van der Waals surface area contributed by atoms with Crippen LogP contribution in [0, 0.1) is 0 Å². The standard InChI is InChI=1S/C10H13ClO3/c11-9(12)6-10(13)14-7-8-4-2-1-3-5-8/h4H,1-3,5-7H2. The molecule has 1 aliphatic rings. The number of halogens is 1. The number of rotatable bonds is 4. The zero-order valence-corrected chi connectivity index (χ0v) is 8.68. The fourth-order valence-corrected chi connectivity index (χ4v) is 1.48. The molecule has 0 N–H and O–H groups in total. The molecule has 0 aromatic carbocycles. The van der Waals surface area contributed by atoms with Crippen LogP contribution in [0.5, 0.6) is 0 Å². The van der Waals surface area contributed by atoms with Crippen LogP contribution in [0.25, 0.3) is 0 Å². The summed E-state index contributed by atoms with van der Waals surface area (Å²) in [4.78, 5) is 21.3. The maximum absolute atomic E-state index is 10.9. The largest absolute Gasteiger partial charge is 0.461 e. The summed E-state index contributed by atoms with van der Waals surface area (Å²) >= 11 is 5.04. The Hall–Kier alpha value is -0.830. The lowest BCUT2D eigenvalue weighted by molar-refractivity contribution is -0.144. The van der Waals surface area contributed by atoms with Gasteiger partial charge in [-0.2, -0.15) is 0 Å². The topological polar surface area (TPSA) is 43.4 Å². The van der Waals surface area contributed by atoms with Gasteiger partial charge in [0.1, 0.15) is 13.0 Å². The number of esters is 1. The molecule has 78 valence electrons. The van der Waals surface area contributed by atoms with Gasteiger partial charge >= 0.3 is 5.97 Å². The summed E-state index contributed by atoms with van der Waals surface area (Å²) in [7, 11) is 0. The highest BCUT2D eigenvalue weighted by molar-refractivity contribution is 6.64. The SMILES string of the molecule is O=C(Cl)CC(=O)OCC1=CCCCC1. The number of hydrogen-bond acceptors (Lipinski definition) is 3. The zero-order chi connectivity index (χ0) is 10.4. The Kier molecular flexibility index (Phi) is 4.66. The van der Waals surface area contributed by atoms with Crippen molar-refractivity contribution in [3.63, 3.8) is 0 Å². The minimum atomic E-state index is -0.673. The summed E-state index contributed by atoms with van der Waals surface area (Å²) < 4.78 is 4.88. The smallest absolute Gasteiger partial charge is 0.314 e. The van der Waals surface area contributed by atoms with E-state index in [9.17, 15) is 9.59 Å². The summed E-state index contributed by atoms with van der Waals surface area (Å²) in [5.41, 5.74) is 1.15. The molecule has 0 heterocycles. The van der Waals surface area contributed by atoms with Gasteiger partial charge in [-0.1, -0.05) is 6.08 Å². The van der Waals surface area contributed by atoms with Crippen LogP contribution in [0.15, 0.2) is 11.6 Å². The average Bonchev–Trinajstić information content (AvgIpc) is 2.15. The van der Waals surface area contributed by atoms with E-state index in [-0.39, 0.29) is 6.42 Å². The van der Waals surface area contributed by atoms with Gasteiger partial charge in [0.05, 0.1) is 0 Å². The van der Waals surface area contributed by atoms with Crippen molar-refractivity contribution in [1.82, 2.24) is 0 Å². The van der Waals surface area contributed by atoms with Crippen molar-refractivity contribution in [3.8, 4) is 0 Å². The molecule has 0 fully saturated rings. The van der Waals surface area contributed by atoms with E-state index in [0.29, 0.717) is 6.61 Å². The summed E-state index contributed by atoms with van der Waals surface area (Å²) in [6, 6.07) is 0. The Morgan fingerprint density at radius 3 is 2.79 bits per heavy atom. The van der Waals surface area contributed by atoms with E-state index in [1.165, 1.54) is 6.42 Å². The van der Waals surface area contributed by atoms with Crippen LogP contribution in [-0.2, 0) is 14.3 Å². The molecule has 0 saturated heterocycles. The van der Waals surface area contributed by atoms with Gasteiger partial charge in [-0.3, -0.25) is 9.59 Å². The van der Waals surface area contributed by atoms with Crippen molar-refractivity contribution in [3.05, 3.63) is 11.6 Å². The predicted octanol–water partition coefficient (Wildman–Crippen LogP) is 2.19. The third kappa shape index (κ3) is 4.42. The summed E-state index contributed by atoms with van der Waals surface area (Å²) in [6.45, 7) is 0.309. The Morgan fingerprint density at radius 1 is 1.43 bits per heavy atom. The maximum atomic E-state index is 10.9. The number of allylic oxidation sites excluding steroid dienone is 1. The van der Waals surface area contributed by atoms with Crippen LogP contribution in [0.1, 0.15) is 32.1 Å². The molecule has 3 nitrogen and oxygen atoms in total. The van der Waals surface area contributed by atoms with E-state index in [2.05, 4.69) is 6.08 Å². The lowest BCUT2D eigenvalue weighted by atomic mass is 10.0. The first-order valence-corrected chi connectivity index (χ1v) is 5.08. The lowest BCUT2D eigenvalue weighted by Gasteiger charge is -2.12. The molecule has 0 bridgehead atoms. The van der Waals surface area contributed by atoms with E-state index in [1.807, 2.05) is 0 Å². The van der Waals surface area contributed by atoms with E-state index in [0.717, 1.165) is 24.8 Å². The van der Waals surface area contributed by atoms with Gasteiger partial charge in [-0.05, 0) is 42.9 Å². The first-order valence-electron chi connectivity index (χ1n) is 4.70. The molecule has 14 heavy (non-hydrogen) atoms. The van der Waals surface area contributed by atoms with E-state index in [4.69, 9.17) is 16.3 Å². The fourth-order valence-electron chi connectivity index (χ4n) is 1.37. The number of ether oxygens (including phenoxy) is 1. The Balaban J connectivity index is 2.22. The normalized spacial score (nSPS) is 15.9. The van der Waals surface area contributed by atoms with Crippen LogP contribution in [0.2, 0.25) is 0 Å². The summed E-state index contributed by atoms with van der Waals surface area (Å²) in [5, 5.41) is -0.673. The highest BCUT2D eigenvalue weighted by Crippen LogP contribution is 2.17. The second kappa shape index (κ2) is 5.81. The first kappa shape index (κ1) is 11.2. The highest BCUT2D eigenvalue weighted by Gasteiger charge is 2.10. The van der Waals surface area contributed by atoms with Crippen LogP contribution in [-0.4, -0.2) is 17.8 Å². The van der Waals surface area contributed by atoms with Crippen LogP contribution in [0.4, 0.5) is 0 Å². The summed E-state index contributed by atoms with van der Waals surface area (Å²) in [5.74, 6) is -0.545. The summed E-state index contributed by atoms with van der Waals surface area (Å²) in [6.07, 6.45) is 6.16. The first-order chi connectivity index (χ1) is 6.68. The second-order valence-electron chi connectivity index (χ2n) is 3.30. The highest BCUT2D eigenvalue weighted by atomic mass is 35.5. The van der Waals surface area contributed by atoms with Crippen molar-refractivity contribution >= 4 is 22.8 Å². The van der Waals surface area contributed by atoms with Gasteiger partial charge in [0, 0.05) is 0 Å². The minimum absolute atomic E-state index is 0.309. The minimum Gasteiger partial charge on any atom is -0.461 e. The average molecular weight is 217 g/mol. The lowest BCUT2D eigenvalue weighted by Crippen LogP contribution is -2.11. The Morgan fingerprint density at radius 2 is 2.21 bits per heavy atom. The quantitative estimate of drug-likeness (QED) is 0.313. The van der Waals surface area contributed by atoms with Gasteiger partial charge in [0.2, 0.25) is 5.24 Å². The van der Waals surface area contributed by atoms with Crippen molar-refractivity contribution in [1.29, 1.82) is 0 Å². The number of carbonyl (C=O) groups is 2. The molecule has 0 aliphatic heterocycles. The van der Waals surface area contributed by atoms with Gasteiger partial charge < -0.3 is 4.74 Å². The fraction of sp³-hybridized carbons (Fsp3) is 0.600. The zero-order valence-electron chi connectivity index (χ0n) is 7.92. The molecule has 0 saturated carbocycles. The molecule has 4 heteroatoms. The van der Waals surface area contributed by atoms with Crippen LogP contribution in [0.3, 0.4) is 0 Å². The molecule has 0 aromatic rings. The van der Waals surface area contributed by atoms with Crippen molar-refractivity contribution in [2.24, 2.45) is 0 Å². The van der Waals surface area contributed by atoms with E-state index in [1.54, 1.807) is 0 Å². The van der Waals surface area contributed by atoms with Crippen LogP contribution < -0.4 is 0 Å². The monoisotopic (exact) mass is 216 g/mol. The van der Waals surface area contributed by atoms with Crippen molar-refractivity contribution in [2.75, 3.05) is 6.61 Å². The van der Waals surface area contributed by atoms with Gasteiger partial charge in [-0.25, -0.2) is 0 Å². The third-order valence-corrected chi connectivity index (χ3v) is 2.22. The molecular weight excluding hydrogens is 204 g/mol. The van der Waals surface area contributed by atoms with E-state index >= 15 is 0 Å². The Labute approximate surface area is 88.1 Å². The number of hydrogen-bond donors (Lipinski definition) is 0. The van der Waals surface area contributed by atoms with Crippen molar-refractivity contribution < 1.29 is 14.3 Å². The second-order valence-corrected chi connectivity index (χ2v) is 3.72. The molecule has 0 unspecified atom stereocenters. The van der Waals surface area contributed by atoms with Gasteiger partial charge in [-0.15, -0.1) is 0 Å². The molecule has 0 radical (unpaired) electrons. The van der Waals surface area contributed by atoms with Gasteiger partial charge in [0.15, 0.2) is 0 Å². The molecule has 0 spiro atoms. The molecular formula is C10H13ClO3. The Bertz CT molecular complexity index is 258. The molecule has 1 rings (SSSR count). The predicted molar refractivity (Wildman–Crippen MR) is 53.0 cm³/mol. The van der Waals surface area contributed by atoms with E-state index < -0.39 is 11.2 Å². The molecule has 0 amide bonds.